The molecule has 2 fully saturated rings. The van der Waals surface area contributed by atoms with Gasteiger partial charge in [-0.2, -0.15) is 0 Å². The van der Waals surface area contributed by atoms with Crippen LogP contribution in [0.3, 0.4) is 0 Å². The first-order chi connectivity index (χ1) is 13.8. The molecule has 0 unspecified atom stereocenters. The van der Waals surface area contributed by atoms with Gasteiger partial charge in [-0.3, -0.25) is 10.1 Å². The Hall–Kier alpha value is -2.25. The Morgan fingerprint density at radius 2 is 2.14 bits per heavy atom. The summed E-state index contributed by atoms with van der Waals surface area (Å²) >= 11 is 1.58. The number of aliphatic imine (C=N–C) groups is 1. The van der Waals surface area contributed by atoms with Crippen LogP contribution in [0, 0.1) is 23.2 Å². The highest BCUT2D eigenvalue weighted by Gasteiger charge is 2.45. The number of fused-ring (bicyclic) bond motifs is 1. The number of amides is 1. The Morgan fingerprint density at radius 3 is 2.90 bits per heavy atom. The molecule has 0 radical (unpaired) electrons. The Morgan fingerprint density at radius 1 is 1.34 bits per heavy atom. The summed E-state index contributed by atoms with van der Waals surface area (Å²) in [6, 6.07) is 6.01. The highest BCUT2D eigenvalue weighted by molar-refractivity contribution is 7.16. The summed E-state index contributed by atoms with van der Waals surface area (Å²) in [5, 5.41) is 15.9. The number of carbonyl (C=O) groups excluding carboxylic acids is 1. The summed E-state index contributed by atoms with van der Waals surface area (Å²) in [5.74, 6) is 1.30. The topological polar surface area (TPSA) is 86.6 Å². The standard InChI is InChI=1S/C22H28N4O2S/c1-12-13(2)22(3,4)15(10-27)9-17(12)24-21-25-18(20(28)26-21)7-14-5-6-16-19(8-14)29-11-23-16/h5-8,11-13,15,17,27H,9-10H2,1-4H3,(H2,24,25,26,28)/b18-7-/t12-,13-,15-,17-/m1/s1. The van der Waals surface area contributed by atoms with Crippen molar-refractivity contribution in [3.05, 3.63) is 35.0 Å². The average Bonchev–Trinajstić information content (AvgIpc) is 3.28. The molecule has 0 spiro atoms. The van der Waals surface area contributed by atoms with Crippen LogP contribution in [0.2, 0.25) is 0 Å². The molecule has 2 heterocycles. The van der Waals surface area contributed by atoms with E-state index in [1.54, 1.807) is 11.3 Å². The lowest BCUT2D eigenvalue weighted by atomic mass is 9.58. The monoisotopic (exact) mass is 412 g/mol. The first kappa shape index (κ1) is 20.0. The van der Waals surface area contributed by atoms with E-state index in [0.29, 0.717) is 23.5 Å². The molecule has 1 aromatic heterocycles. The largest absolute Gasteiger partial charge is 0.396 e. The minimum Gasteiger partial charge on any atom is -0.396 e. The minimum absolute atomic E-state index is 0.0610. The first-order valence-electron chi connectivity index (χ1n) is 10.1. The van der Waals surface area contributed by atoms with Gasteiger partial charge in [-0.15, -0.1) is 11.3 Å². The number of hydrogen-bond donors (Lipinski definition) is 3. The number of carbonyl (C=O) groups is 1. The zero-order valence-electron chi connectivity index (χ0n) is 17.3. The van der Waals surface area contributed by atoms with Gasteiger partial charge in [-0.25, -0.2) is 9.98 Å². The van der Waals surface area contributed by atoms with Crippen molar-refractivity contribution in [2.24, 2.45) is 28.2 Å². The van der Waals surface area contributed by atoms with Crippen LogP contribution in [0.5, 0.6) is 0 Å². The normalized spacial score (nSPS) is 32.0. The molecule has 2 aromatic rings. The second-order valence-electron chi connectivity index (χ2n) is 8.85. The molecule has 29 heavy (non-hydrogen) atoms. The van der Waals surface area contributed by atoms with Gasteiger partial charge < -0.3 is 10.4 Å². The van der Waals surface area contributed by atoms with Crippen LogP contribution in [-0.4, -0.2) is 34.6 Å². The van der Waals surface area contributed by atoms with E-state index in [9.17, 15) is 9.90 Å². The van der Waals surface area contributed by atoms with Crippen molar-refractivity contribution < 1.29 is 9.90 Å². The number of nitrogens with zero attached hydrogens (tertiary/aromatic N) is 2. The smallest absolute Gasteiger partial charge is 0.274 e. The number of nitrogens with one attached hydrogen (secondary N) is 2. The number of benzene rings is 1. The molecule has 1 saturated heterocycles. The maximum atomic E-state index is 12.4. The summed E-state index contributed by atoms with van der Waals surface area (Å²) in [4.78, 5) is 21.6. The van der Waals surface area contributed by atoms with E-state index in [2.05, 4.69) is 43.3 Å². The highest BCUT2D eigenvalue weighted by atomic mass is 32.1. The molecular formula is C22H28N4O2S. The summed E-state index contributed by atoms with van der Waals surface area (Å²) in [7, 11) is 0. The molecule has 2 aliphatic rings. The van der Waals surface area contributed by atoms with Crippen LogP contribution in [0.4, 0.5) is 0 Å². The Kier molecular flexibility index (Phi) is 5.21. The predicted octanol–water partition coefficient (Wildman–Crippen LogP) is 3.39. The Bertz CT molecular complexity index is 990. The fraction of sp³-hybridized carbons (Fsp3) is 0.500. The molecule has 154 valence electrons. The van der Waals surface area contributed by atoms with Crippen LogP contribution in [0.1, 0.15) is 39.7 Å². The summed E-state index contributed by atoms with van der Waals surface area (Å²) in [6.07, 6.45) is 2.65. The zero-order chi connectivity index (χ0) is 20.8. The van der Waals surface area contributed by atoms with E-state index in [1.807, 2.05) is 29.8 Å². The van der Waals surface area contributed by atoms with Crippen molar-refractivity contribution in [2.75, 3.05) is 6.61 Å². The third kappa shape index (κ3) is 3.69. The average molecular weight is 413 g/mol. The van der Waals surface area contributed by atoms with E-state index >= 15 is 0 Å². The van der Waals surface area contributed by atoms with Gasteiger partial charge in [0.1, 0.15) is 5.70 Å². The second-order valence-corrected chi connectivity index (χ2v) is 9.73. The number of hydrogen-bond acceptors (Lipinski definition) is 5. The quantitative estimate of drug-likeness (QED) is 0.675. The minimum atomic E-state index is -0.177. The van der Waals surface area contributed by atoms with Crippen molar-refractivity contribution in [3.8, 4) is 0 Å². The third-order valence-corrected chi connectivity index (χ3v) is 7.85. The lowest BCUT2D eigenvalue weighted by molar-refractivity contribution is -0.115. The summed E-state index contributed by atoms with van der Waals surface area (Å²) < 4.78 is 1.09. The van der Waals surface area contributed by atoms with E-state index in [1.165, 1.54) is 0 Å². The van der Waals surface area contributed by atoms with E-state index in [0.717, 1.165) is 22.2 Å². The summed E-state index contributed by atoms with van der Waals surface area (Å²) in [6.45, 7) is 9.08. The molecule has 4 rings (SSSR count). The highest BCUT2D eigenvalue weighted by Crippen LogP contribution is 2.48. The van der Waals surface area contributed by atoms with Crippen molar-refractivity contribution in [1.82, 2.24) is 15.6 Å². The van der Waals surface area contributed by atoms with Crippen molar-refractivity contribution in [1.29, 1.82) is 0 Å². The van der Waals surface area contributed by atoms with Crippen LogP contribution in [-0.2, 0) is 4.79 Å². The van der Waals surface area contributed by atoms with Gasteiger partial charge in [-0.1, -0.05) is 33.8 Å². The maximum Gasteiger partial charge on any atom is 0.274 e. The van der Waals surface area contributed by atoms with Crippen molar-refractivity contribution >= 4 is 39.5 Å². The molecule has 3 N–H and O–H groups in total. The molecule has 1 amide bonds. The van der Waals surface area contributed by atoms with Crippen LogP contribution in [0.15, 0.2) is 34.4 Å². The molecule has 1 aliphatic carbocycles. The Balaban J connectivity index is 1.54. The molecule has 7 heteroatoms. The van der Waals surface area contributed by atoms with Crippen LogP contribution in [0.25, 0.3) is 16.3 Å². The van der Waals surface area contributed by atoms with Gasteiger partial charge in [0.15, 0.2) is 0 Å². The van der Waals surface area contributed by atoms with Gasteiger partial charge >= 0.3 is 0 Å². The zero-order valence-corrected chi connectivity index (χ0v) is 18.1. The van der Waals surface area contributed by atoms with Crippen molar-refractivity contribution in [2.45, 2.75) is 40.2 Å². The second kappa shape index (κ2) is 7.54. The fourth-order valence-corrected chi connectivity index (χ4v) is 5.25. The summed E-state index contributed by atoms with van der Waals surface area (Å²) in [5.41, 5.74) is 4.29. The van der Waals surface area contributed by atoms with Gasteiger partial charge in [0, 0.05) is 6.61 Å². The number of thiazole rings is 1. The van der Waals surface area contributed by atoms with E-state index in [4.69, 9.17) is 4.99 Å². The van der Waals surface area contributed by atoms with E-state index < -0.39 is 0 Å². The number of guanidine groups is 1. The number of rotatable bonds is 3. The lowest BCUT2D eigenvalue weighted by Crippen LogP contribution is -2.47. The molecular weight excluding hydrogens is 384 g/mol. The molecule has 1 aromatic carbocycles. The van der Waals surface area contributed by atoms with Crippen LogP contribution >= 0.6 is 11.3 Å². The van der Waals surface area contributed by atoms with Crippen molar-refractivity contribution in [3.63, 3.8) is 0 Å². The Labute approximate surface area is 175 Å². The number of aliphatic hydroxyl groups excluding tert-OH is 1. The van der Waals surface area contributed by atoms with Gasteiger partial charge in [0.05, 0.1) is 21.8 Å². The molecule has 1 saturated carbocycles. The fourth-order valence-electron chi connectivity index (χ4n) is 4.52. The molecule has 0 bridgehead atoms. The van der Waals surface area contributed by atoms with Gasteiger partial charge in [0.2, 0.25) is 5.96 Å². The third-order valence-electron chi connectivity index (χ3n) is 7.06. The lowest BCUT2D eigenvalue weighted by Gasteiger charge is -2.49. The van der Waals surface area contributed by atoms with E-state index in [-0.39, 0.29) is 29.9 Å². The predicted molar refractivity (Wildman–Crippen MR) is 117 cm³/mol. The molecule has 4 atom stereocenters. The number of aliphatic hydroxyl groups is 1. The molecule has 6 nitrogen and oxygen atoms in total. The molecule has 1 aliphatic heterocycles. The van der Waals surface area contributed by atoms with Gasteiger partial charge in [0.25, 0.3) is 5.91 Å². The van der Waals surface area contributed by atoms with Crippen LogP contribution < -0.4 is 10.6 Å². The SMILES string of the molecule is C[C@@H]1[C@@H](C)C(C)(C)[C@@H](CO)C[C@H]1N=C1NC(=O)/C(=C/c2ccc3ncsc3c2)N1. The first-order valence-corrected chi connectivity index (χ1v) is 11.0. The van der Waals surface area contributed by atoms with Gasteiger partial charge in [-0.05, 0) is 53.4 Å². The maximum absolute atomic E-state index is 12.4. The number of aromatic nitrogens is 1.